The smallest absolute Gasteiger partial charge is 0.131 e. The number of aliphatic imine (C=N–C) groups is 1. The molecule has 2 N–H and O–H groups in total. The first-order valence-corrected chi connectivity index (χ1v) is 21.3. The molecule has 0 amide bonds. The zero-order valence-corrected chi connectivity index (χ0v) is 32.5. The third kappa shape index (κ3) is 5.51. The lowest BCUT2D eigenvalue weighted by Crippen LogP contribution is -2.62. The molecule has 6 aliphatic rings. The SMILES string of the molecule is C1=CC(C2NC(c3ccccc3)=NC(C3C=Cc4ccccc4C3)N2)C(N2C3=Cc4ccccc4CC3C3C=CC(n4c5ccccc5c5ccccc54)CC32)C=C1. The van der Waals surface area contributed by atoms with Crippen molar-refractivity contribution in [3.63, 3.8) is 0 Å². The predicted octanol–water partition coefficient (Wildman–Crippen LogP) is 10.1. The summed E-state index contributed by atoms with van der Waals surface area (Å²) in [6.45, 7) is 0. The van der Waals surface area contributed by atoms with Crippen LogP contribution in [0.5, 0.6) is 0 Å². The zero-order chi connectivity index (χ0) is 38.2. The number of nitrogens with one attached hydrogen (secondary N) is 2. The molecule has 5 nitrogen and oxygen atoms in total. The molecule has 3 heterocycles. The number of hydrogen-bond donors (Lipinski definition) is 2. The number of allylic oxidation sites excluding steroid dienone is 4. The van der Waals surface area contributed by atoms with Crippen molar-refractivity contribution < 1.29 is 0 Å². The highest BCUT2D eigenvalue weighted by Crippen LogP contribution is 2.52. The van der Waals surface area contributed by atoms with E-state index in [0.717, 1.165) is 30.7 Å². The van der Waals surface area contributed by atoms with E-state index in [0.29, 0.717) is 17.9 Å². The van der Waals surface area contributed by atoms with Gasteiger partial charge in [-0.15, -0.1) is 0 Å². The summed E-state index contributed by atoms with van der Waals surface area (Å²) < 4.78 is 2.63. The van der Waals surface area contributed by atoms with Crippen molar-refractivity contribution in [3.8, 4) is 0 Å². The van der Waals surface area contributed by atoms with Gasteiger partial charge in [-0.25, -0.2) is 4.99 Å². The fourth-order valence-electron chi connectivity index (χ4n) is 11.3. The number of benzene rings is 5. The Bertz CT molecular complexity index is 2690. The lowest BCUT2D eigenvalue weighted by atomic mass is 9.77. The van der Waals surface area contributed by atoms with Gasteiger partial charge in [0.05, 0.1) is 18.2 Å². The van der Waals surface area contributed by atoms with Crippen LogP contribution in [0.4, 0.5) is 0 Å². The fraction of sp³-hybridized carbons (Fsp3) is 0.226. The second kappa shape index (κ2) is 13.7. The summed E-state index contributed by atoms with van der Waals surface area (Å²) in [5.41, 5.74) is 10.8. The summed E-state index contributed by atoms with van der Waals surface area (Å²) in [5, 5.41) is 10.8. The van der Waals surface area contributed by atoms with E-state index in [1.807, 2.05) is 0 Å². The van der Waals surface area contributed by atoms with Gasteiger partial charge >= 0.3 is 0 Å². The average Bonchev–Trinajstić information content (AvgIpc) is 3.80. The maximum Gasteiger partial charge on any atom is 0.131 e. The molecular weight excluding hydrogens is 707 g/mol. The van der Waals surface area contributed by atoms with E-state index in [1.165, 1.54) is 49.8 Å². The molecule has 1 fully saturated rings. The average molecular weight is 754 g/mol. The summed E-state index contributed by atoms with van der Waals surface area (Å²) in [4.78, 5) is 8.30. The van der Waals surface area contributed by atoms with Gasteiger partial charge in [0.1, 0.15) is 12.0 Å². The molecule has 6 aromatic rings. The van der Waals surface area contributed by atoms with E-state index in [9.17, 15) is 0 Å². The number of para-hydroxylation sites is 2. The Balaban J connectivity index is 0.944. The van der Waals surface area contributed by atoms with Gasteiger partial charge in [0.15, 0.2) is 0 Å². The zero-order valence-electron chi connectivity index (χ0n) is 32.5. The van der Waals surface area contributed by atoms with Gasteiger partial charge in [0.2, 0.25) is 0 Å². The minimum atomic E-state index is -0.0665. The van der Waals surface area contributed by atoms with Crippen LogP contribution in [-0.4, -0.2) is 39.7 Å². The van der Waals surface area contributed by atoms with Crippen LogP contribution in [-0.2, 0) is 12.8 Å². The standard InChI is InChI=1S/C53H47N5/c1-2-15-35(16-3-1)51-54-52(39-27-26-34-14-4-5-17-36(34)30-39)56-53(55-51)44-22-10-13-25-48(44)58-49-32-38-19-7-6-18-37(38)31-45(49)43-29-28-40(33-50(43)58)57-46-23-11-8-20-41(46)42-21-9-12-24-47(42)57/h1-29,32,39-40,43-45,48,50,52-53,56H,30-31,33H2,(H,54,55). The first-order chi connectivity index (χ1) is 28.7. The molecule has 0 radical (unpaired) electrons. The molecule has 1 aromatic heterocycles. The summed E-state index contributed by atoms with van der Waals surface area (Å²) in [6.07, 6.45) is 24.9. The van der Waals surface area contributed by atoms with Crippen LogP contribution >= 0.6 is 0 Å². The fourth-order valence-corrected chi connectivity index (χ4v) is 11.3. The van der Waals surface area contributed by atoms with E-state index in [2.05, 4.69) is 202 Å². The van der Waals surface area contributed by atoms with E-state index in [-0.39, 0.29) is 36.3 Å². The lowest BCUT2D eigenvalue weighted by molar-refractivity contribution is 0.144. The quantitative estimate of drug-likeness (QED) is 0.172. The van der Waals surface area contributed by atoms with Crippen molar-refractivity contribution in [2.24, 2.45) is 28.7 Å². The Kier molecular flexibility index (Phi) is 8.04. The molecule has 58 heavy (non-hydrogen) atoms. The third-order valence-corrected chi connectivity index (χ3v) is 14.0. The second-order valence-corrected chi connectivity index (χ2v) is 17.1. The van der Waals surface area contributed by atoms with Crippen molar-refractivity contribution >= 4 is 39.8 Å². The second-order valence-electron chi connectivity index (χ2n) is 17.1. The first kappa shape index (κ1) is 33.9. The highest BCUT2D eigenvalue weighted by molar-refractivity contribution is 6.08. The van der Waals surface area contributed by atoms with Gasteiger partial charge in [-0.1, -0.05) is 164 Å². The van der Waals surface area contributed by atoms with E-state index >= 15 is 0 Å². The summed E-state index contributed by atoms with van der Waals surface area (Å²) in [7, 11) is 0. The number of likely N-dealkylation sites (tertiary alicyclic amines) is 1. The Morgan fingerprint density at radius 2 is 1.29 bits per heavy atom. The van der Waals surface area contributed by atoms with Crippen LogP contribution in [0.3, 0.4) is 0 Å². The van der Waals surface area contributed by atoms with E-state index < -0.39 is 0 Å². The number of amidine groups is 1. The molecule has 9 unspecified atom stereocenters. The molecule has 2 aliphatic heterocycles. The number of nitrogens with zero attached hydrogens (tertiary/aromatic N) is 3. The number of rotatable bonds is 5. The van der Waals surface area contributed by atoms with Crippen LogP contribution in [0.15, 0.2) is 181 Å². The molecule has 5 heteroatoms. The Labute approximate surface area is 340 Å². The minimum Gasteiger partial charge on any atom is -0.364 e. The van der Waals surface area contributed by atoms with Gasteiger partial charge in [-0.2, -0.15) is 0 Å². The molecule has 5 aromatic carbocycles. The molecule has 1 saturated heterocycles. The molecule has 12 rings (SSSR count). The molecule has 284 valence electrons. The van der Waals surface area contributed by atoms with Crippen molar-refractivity contribution in [1.29, 1.82) is 0 Å². The monoisotopic (exact) mass is 753 g/mol. The summed E-state index contributed by atoms with van der Waals surface area (Å²) >= 11 is 0. The Morgan fingerprint density at radius 3 is 2.10 bits per heavy atom. The van der Waals surface area contributed by atoms with Crippen molar-refractivity contribution in [3.05, 3.63) is 203 Å². The third-order valence-electron chi connectivity index (χ3n) is 14.0. The minimum absolute atomic E-state index is 0.0317. The first-order valence-electron chi connectivity index (χ1n) is 21.3. The van der Waals surface area contributed by atoms with Crippen molar-refractivity contribution in [2.45, 2.75) is 49.7 Å². The normalized spacial score (nSPS) is 29.3. The number of aromatic nitrogens is 1. The van der Waals surface area contributed by atoms with Crippen LogP contribution in [0, 0.1) is 23.7 Å². The maximum atomic E-state index is 5.42. The van der Waals surface area contributed by atoms with Gasteiger partial charge in [-0.05, 0) is 59.7 Å². The number of hydrogen-bond acceptors (Lipinski definition) is 4. The molecule has 0 spiro atoms. The molecule has 0 bridgehead atoms. The van der Waals surface area contributed by atoms with Crippen LogP contribution < -0.4 is 10.6 Å². The molecule has 0 saturated carbocycles. The molecular formula is C53H47N5. The highest BCUT2D eigenvalue weighted by Gasteiger charge is 2.51. The molecule has 9 atom stereocenters. The van der Waals surface area contributed by atoms with Gasteiger partial charge in [0, 0.05) is 62.8 Å². The van der Waals surface area contributed by atoms with Gasteiger partial charge < -0.3 is 14.8 Å². The number of fused-ring (bicyclic) bond motifs is 8. The topological polar surface area (TPSA) is 44.6 Å². The van der Waals surface area contributed by atoms with Crippen molar-refractivity contribution in [2.75, 3.05) is 0 Å². The maximum absolute atomic E-state index is 5.42. The van der Waals surface area contributed by atoms with Gasteiger partial charge in [-0.3, -0.25) is 5.32 Å². The van der Waals surface area contributed by atoms with E-state index in [4.69, 9.17) is 4.99 Å². The Hall–Kier alpha value is -6.17. The van der Waals surface area contributed by atoms with Crippen LogP contribution in [0.2, 0.25) is 0 Å². The predicted molar refractivity (Wildman–Crippen MR) is 238 cm³/mol. The summed E-state index contributed by atoms with van der Waals surface area (Å²) in [6, 6.07) is 47.3. The lowest BCUT2D eigenvalue weighted by Gasteiger charge is -2.46. The van der Waals surface area contributed by atoms with Gasteiger partial charge in [0.25, 0.3) is 0 Å². The van der Waals surface area contributed by atoms with E-state index in [1.54, 1.807) is 0 Å². The van der Waals surface area contributed by atoms with Crippen molar-refractivity contribution in [1.82, 2.24) is 20.1 Å². The summed E-state index contributed by atoms with van der Waals surface area (Å²) in [5.74, 6) is 2.23. The highest BCUT2D eigenvalue weighted by atomic mass is 15.3. The molecule has 4 aliphatic carbocycles. The van der Waals surface area contributed by atoms with Crippen LogP contribution in [0.1, 0.15) is 40.3 Å². The largest absolute Gasteiger partial charge is 0.364 e. The Morgan fingerprint density at radius 1 is 0.603 bits per heavy atom. The van der Waals surface area contributed by atoms with Crippen LogP contribution in [0.25, 0.3) is 34.0 Å².